The molecule has 1 fully saturated rings. The molecule has 5 atom stereocenters. The van der Waals surface area contributed by atoms with Gasteiger partial charge in [-0.3, -0.25) is 0 Å². The van der Waals surface area contributed by atoms with Crippen LogP contribution in [-0.2, 0) is 47.9 Å². The average Bonchev–Trinajstić information content (AvgIpc) is 0.764. The van der Waals surface area contributed by atoms with Gasteiger partial charge in [0.1, 0.15) is 18.5 Å². The third-order valence-corrected chi connectivity index (χ3v) is 16.9. The Morgan fingerprint density at radius 2 is 0.447 bits per heavy atom. The van der Waals surface area contributed by atoms with Crippen molar-refractivity contribution in [3.63, 3.8) is 0 Å². The molecule has 632 valence electrons. The van der Waals surface area contributed by atoms with Crippen LogP contribution in [0, 0.1) is 0 Å². The van der Waals surface area contributed by atoms with Crippen LogP contribution in [-0.4, -0.2) is 214 Å². The quantitative estimate of drug-likeness (QED) is 0.0161. The number of carbonyl (C=O) groups is 10. The number of hydrogen-bond donors (Lipinski definition) is 23. The largest absolute Gasteiger partial charge is 2.00 e. The van der Waals surface area contributed by atoms with Crippen molar-refractivity contribution in [2.75, 3.05) is 6.61 Å². The monoisotopic (exact) mass is 1760 g/mol. The molecule has 0 spiro atoms. The predicted molar refractivity (Wildman–Crippen MR) is 378 cm³/mol. The van der Waals surface area contributed by atoms with E-state index >= 15 is 14.4 Å². The van der Waals surface area contributed by atoms with E-state index in [-0.39, 0.29) is 25.5 Å². The Labute approximate surface area is 690 Å². The molecule has 0 radical (unpaired) electrons. The van der Waals surface area contributed by atoms with Crippen molar-refractivity contribution in [3.8, 4) is 172 Å². The Hall–Kier alpha value is -17.5. The van der Waals surface area contributed by atoms with Gasteiger partial charge >= 0.3 is 79.2 Å². The van der Waals surface area contributed by atoms with Gasteiger partial charge in [-0.05, 0) is 115 Å². The Morgan fingerprint density at radius 1 is 0.244 bits per heavy atom. The average molecular weight is 1760 g/mol. The summed E-state index contributed by atoms with van der Waals surface area (Å²) in [7, 11) is 0. The van der Waals surface area contributed by atoms with E-state index in [4.69, 9.17) is 52.1 Å². The molecule has 10 aromatic carbocycles. The molecule has 1 aliphatic rings. The minimum Gasteiger partial charge on any atom is -0.873 e. The Bertz CT molecular complexity index is 5980. The molecular formula is C76H50O46Zn. The molecule has 47 heteroatoms. The summed E-state index contributed by atoms with van der Waals surface area (Å²) in [6.07, 6.45) is -15.1. The molecule has 123 heavy (non-hydrogen) atoms. The summed E-state index contributed by atoms with van der Waals surface area (Å²) in [6.45, 7) is -1.72. The summed E-state index contributed by atoms with van der Waals surface area (Å²) >= 11 is 0. The summed E-state index contributed by atoms with van der Waals surface area (Å²) in [4.78, 5) is 142. The number of esters is 10. The fourth-order valence-corrected chi connectivity index (χ4v) is 10.8. The van der Waals surface area contributed by atoms with Crippen LogP contribution in [0.15, 0.2) is 121 Å². The molecule has 0 unspecified atom stereocenters. The van der Waals surface area contributed by atoms with Gasteiger partial charge in [-0.1, -0.05) is 11.8 Å². The third kappa shape index (κ3) is 18.5. The van der Waals surface area contributed by atoms with Crippen LogP contribution in [0.1, 0.15) is 104 Å². The second-order valence-electron chi connectivity index (χ2n) is 25.1. The van der Waals surface area contributed by atoms with Gasteiger partial charge in [-0.2, -0.15) is 0 Å². The maximum atomic E-state index is 15.3. The summed E-state index contributed by atoms with van der Waals surface area (Å²) in [6, 6.07) is 8.16. The van der Waals surface area contributed by atoms with Gasteiger partial charge in [0.25, 0.3) is 0 Å². The van der Waals surface area contributed by atoms with E-state index in [0.717, 1.165) is 0 Å². The van der Waals surface area contributed by atoms with Crippen LogP contribution >= 0.6 is 0 Å². The van der Waals surface area contributed by atoms with Crippen molar-refractivity contribution in [2.45, 2.75) is 30.7 Å². The first kappa shape index (κ1) is 87.9. The SMILES string of the molecule is O=C(OC[C@H]1O[C@@H](OC(=O)c2cc(O)c(O)c(OC(=O)c3cc(O)c(O)c(O)c3)c2)[C@H](OC(=O)c2cc(O)c(O)c(OC(=O)c3cc(O)c(O)c(O)c3)c2)[C@@H](OC(=O)c2cc(O)c(O)c(OC(=O)c3cc(O)c(O)c(O)c3)c2)[C@@H]1OC(=O)c1cc(O)c(O)c(OC(=O)c2cc([O-])c([O-])c(O)c2)c1)c1cc(O)c(O)c(OC(=O)c2cc(O)c(O)c(O)c2)c1.[Zn+2]. The summed E-state index contributed by atoms with van der Waals surface area (Å²) < 4.78 is 60.3. The van der Waals surface area contributed by atoms with E-state index in [1.165, 1.54) is 0 Å². The van der Waals surface area contributed by atoms with Crippen molar-refractivity contribution in [1.29, 1.82) is 0 Å². The van der Waals surface area contributed by atoms with Crippen molar-refractivity contribution in [2.24, 2.45) is 0 Å². The number of aromatic hydroxyl groups is 23. The second-order valence-corrected chi connectivity index (χ2v) is 25.1. The van der Waals surface area contributed by atoms with Crippen LogP contribution < -0.4 is 33.9 Å². The first-order chi connectivity index (χ1) is 57.4. The third-order valence-electron chi connectivity index (χ3n) is 16.9. The van der Waals surface area contributed by atoms with Crippen LogP contribution in [0.4, 0.5) is 0 Å². The second kappa shape index (κ2) is 34.7. The maximum absolute atomic E-state index is 15.3. The number of carbonyl (C=O) groups excluding carboxylic acids is 10. The van der Waals surface area contributed by atoms with Crippen molar-refractivity contribution in [3.05, 3.63) is 177 Å². The van der Waals surface area contributed by atoms with Crippen LogP contribution in [0.25, 0.3) is 0 Å². The van der Waals surface area contributed by atoms with Gasteiger partial charge in [0.2, 0.25) is 41.1 Å². The standard InChI is InChI=1S/C76H52O46.Zn/c77-32-1-22(2-33(78)53(32)92)67(103)113-47-16-27(11-42(87)58(47)97)66(102)112-21-52-63(119-72(108)28-12-43(88)59(98)48(17-28)114-68(104)23-3-34(79)54(93)35(80)4-23)64(120-73(109)29-13-44(89)60(99)49(18-29)115-69(105)24-5-36(81)55(94)37(82)6-24)65(121-74(110)30-14-45(90)61(100)50(19-30)116-70(106)25-7-38(83)56(95)39(84)8-25)76(118-52)122-75(111)31-15-46(91)62(101)51(20-31)117-71(107)26-9-40(85)57(96)41(86)10-26;/h1-20,52,63-65,76-101H,21H2;/q;+2/p-2/t52-,63-,64+,65-,76+;/m1./s1. The Morgan fingerprint density at radius 3 is 0.707 bits per heavy atom. The maximum Gasteiger partial charge on any atom is 2.00 e. The van der Waals surface area contributed by atoms with E-state index in [9.17, 15) is 161 Å². The Balaban J connectivity index is 0.0000158. The fourth-order valence-electron chi connectivity index (χ4n) is 10.8. The summed E-state index contributed by atoms with van der Waals surface area (Å²) in [5.74, 6) is -57.2. The molecule has 0 aliphatic carbocycles. The van der Waals surface area contributed by atoms with Crippen molar-refractivity contribution >= 4 is 59.7 Å². The van der Waals surface area contributed by atoms with Crippen LogP contribution in [0.3, 0.4) is 0 Å². The zero-order valence-corrected chi connectivity index (χ0v) is 63.5. The number of benzene rings is 10. The number of ether oxygens (including phenoxy) is 11. The molecule has 1 heterocycles. The van der Waals surface area contributed by atoms with E-state index in [1.807, 2.05) is 0 Å². The minimum absolute atomic E-state index is 0. The number of rotatable bonds is 21. The van der Waals surface area contributed by atoms with Gasteiger partial charge < -0.3 is 180 Å². The molecule has 46 nitrogen and oxygen atoms in total. The van der Waals surface area contributed by atoms with Crippen LogP contribution in [0.2, 0.25) is 0 Å². The topological polar surface area (TPSA) is 784 Å². The molecule has 10 aromatic rings. The van der Waals surface area contributed by atoms with Crippen molar-refractivity contribution in [1.82, 2.24) is 0 Å². The zero-order chi connectivity index (χ0) is 89.4. The van der Waals surface area contributed by atoms with Crippen LogP contribution in [0.5, 0.6) is 172 Å². The first-order valence-electron chi connectivity index (χ1n) is 33.1. The summed E-state index contributed by atoms with van der Waals surface area (Å²) in [5.41, 5.74) is -10.1. The molecule has 11 rings (SSSR count). The first-order valence-corrected chi connectivity index (χ1v) is 33.1. The molecule has 0 bridgehead atoms. The predicted octanol–water partition coefficient (Wildman–Crippen LogP) is 3.57. The van der Waals surface area contributed by atoms with E-state index in [0.29, 0.717) is 115 Å². The number of phenols is 23. The molecule has 0 amide bonds. The Kier molecular flexibility index (Phi) is 24.8. The fraction of sp³-hybridized carbons (Fsp3) is 0.0789. The zero-order valence-electron chi connectivity index (χ0n) is 60.5. The summed E-state index contributed by atoms with van der Waals surface area (Å²) in [5, 5.41) is 265. The molecule has 23 N–H and O–H groups in total. The molecule has 1 saturated heterocycles. The van der Waals surface area contributed by atoms with E-state index < -0.39 is 325 Å². The minimum atomic E-state index is -3.13. The number of phenolic OH excluding ortho intramolecular Hbond substituents is 23. The van der Waals surface area contributed by atoms with E-state index in [2.05, 4.69) is 0 Å². The van der Waals surface area contributed by atoms with Gasteiger partial charge in [-0.15, -0.1) is 5.75 Å². The molecule has 1 aliphatic heterocycles. The molecular weight excluding hydrogens is 1710 g/mol. The molecule has 0 saturated carbocycles. The van der Waals surface area contributed by atoms with E-state index in [1.54, 1.807) is 0 Å². The smallest absolute Gasteiger partial charge is 0.873 e. The normalized spacial score (nSPS) is 14.5. The van der Waals surface area contributed by atoms with Crippen molar-refractivity contribution < 1.29 is 247 Å². The van der Waals surface area contributed by atoms with Gasteiger partial charge in [-0.25, -0.2) is 47.9 Å². The number of hydrogen-bond acceptors (Lipinski definition) is 46. The van der Waals surface area contributed by atoms with Gasteiger partial charge in [0, 0.05) is 0 Å². The van der Waals surface area contributed by atoms with Gasteiger partial charge in [0.05, 0.1) is 55.6 Å². The van der Waals surface area contributed by atoms with Gasteiger partial charge in [0.15, 0.2) is 139 Å². The molecule has 0 aromatic heterocycles.